The van der Waals surface area contributed by atoms with E-state index in [9.17, 15) is 29.4 Å². The van der Waals surface area contributed by atoms with Gasteiger partial charge in [-0.15, -0.1) is 0 Å². The molecule has 0 spiro atoms. The monoisotopic (exact) mass is 826 g/mol. The molecule has 0 rings (SSSR count). The largest absolute Gasteiger partial charge is 0.481 e. The lowest BCUT2D eigenvalue weighted by Gasteiger charge is -2.27. The lowest BCUT2D eigenvalue weighted by atomic mass is 9.87. The van der Waals surface area contributed by atoms with Gasteiger partial charge in [0.15, 0.2) is 0 Å². The van der Waals surface area contributed by atoms with Gasteiger partial charge >= 0.3 is 17.9 Å². The first-order chi connectivity index (χ1) is 28.0. The predicted molar refractivity (Wildman–Crippen MR) is 236 cm³/mol. The SMILES string of the molecule is CC(C)(CO)[C@@H](O)C(=O)NCCC(=O)OCC(CCCCCCCCCCCCCCCCCCC(=O)O)CCCCCCCCCCCCCCCCCC(=O)O. The number of rotatable bonds is 45. The molecular formula is C48H91NO9. The van der Waals surface area contributed by atoms with Crippen LogP contribution in [0, 0.1) is 11.3 Å². The van der Waals surface area contributed by atoms with Gasteiger partial charge in [0.05, 0.1) is 19.6 Å². The van der Waals surface area contributed by atoms with E-state index in [-0.39, 0.29) is 25.5 Å². The van der Waals surface area contributed by atoms with Gasteiger partial charge in [0.25, 0.3) is 0 Å². The van der Waals surface area contributed by atoms with Crippen LogP contribution in [-0.4, -0.2) is 70.1 Å². The molecule has 0 aliphatic carbocycles. The Morgan fingerprint density at radius 3 is 1.07 bits per heavy atom. The number of carbonyl (C=O) groups is 4. The number of esters is 1. The van der Waals surface area contributed by atoms with E-state index >= 15 is 0 Å². The van der Waals surface area contributed by atoms with Crippen molar-refractivity contribution in [3.63, 3.8) is 0 Å². The van der Waals surface area contributed by atoms with E-state index < -0.39 is 29.4 Å². The van der Waals surface area contributed by atoms with Crippen LogP contribution in [0.15, 0.2) is 0 Å². The van der Waals surface area contributed by atoms with Crippen LogP contribution in [0.1, 0.15) is 245 Å². The van der Waals surface area contributed by atoms with Crippen molar-refractivity contribution in [3.05, 3.63) is 0 Å². The third-order valence-corrected chi connectivity index (χ3v) is 11.8. The molecule has 0 aliphatic rings. The Kier molecular flexibility index (Phi) is 38.7. The molecule has 342 valence electrons. The lowest BCUT2D eigenvalue weighted by molar-refractivity contribution is -0.145. The summed E-state index contributed by atoms with van der Waals surface area (Å²) in [4.78, 5) is 45.9. The van der Waals surface area contributed by atoms with E-state index in [0.29, 0.717) is 25.4 Å². The average Bonchev–Trinajstić information content (AvgIpc) is 3.19. The van der Waals surface area contributed by atoms with E-state index in [4.69, 9.17) is 14.9 Å². The van der Waals surface area contributed by atoms with Crippen molar-refractivity contribution in [2.24, 2.45) is 11.3 Å². The number of aliphatic hydroxyl groups excluding tert-OH is 2. The first-order valence-electron chi connectivity index (χ1n) is 24.2. The smallest absolute Gasteiger partial charge is 0.307 e. The lowest BCUT2D eigenvalue weighted by Crippen LogP contribution is -2.46. The van der Waals surface area contributed by atoms with Crippen molar-refractivity contribution < 1.29 is 44.3 Å². The summed E-state index contributed by atoms with van der Waals surface area (Å²) in [7, 11) is 0. The molecule has 5 N–H and O–H groups in total. The van der Waals surface area contributed by atoms with Crippen molar-refractivity contribution in [3.8, 4) is 0 Å². The zero-order chi connectivity index (χ0) is 43.0. The summed E-state index contributed by atoms with van der Waals surface area (Å²) in [5.74, 6) is -1.94. The highest BCUT2D eigenvalue weighted by Crippen LogP contribution is 2.22. The number of amides is 1. The van der Waals surface area contributed by atoms with Crippen molar-refractivity contribution >= 4 is 23.8 Å². The van der Waals surface area contributed by atoms with Crippen LogP contribution in [0.3, 0.4) is 0 Å². The fourth-order valence-corrected chi connectivity index (χ4v) is 7.61. The second-order valence-corrected chi connectivity index (χ2v) is 18.0. The maximum atomic E-state index is 12.5. The fraction of sp³-hybridized carbons (Fsp3) is 0.917. The Labute approximate surface area is 354 Å². The highest BCUT2D eigenvalue weighted by atomic mass is 16.5. The number of aliphatic hydroxyl groups is 2. The first kappa shape index (κ1) is 55.8. The first-order valence-corrected chi connectivity index (χ1v) is 24.2. The standard InChI is InChI=1S/C48H91NO9/c1-48(2,41-50)46(56)47(57)49-39-38-45(55)58-40-42(35-31-27-23-19-15-11-7-5-9-13-17-21-25-29-33-37-44(53)54)34-30-26-22-18-14-10-6-3-4-8-12-16-20-24-28-32-36-43(51)52/h42,46,50,56H,3-41H2,1-2H3,(H,49,57)(H,51,52)(H,53,54)/t42?,46-/m0/s1. The Bertz CT molecular complexity index is 988. The van der Waals surface area contributed by atoms with Crippen LogP contribution < -0.4 is 5.32 Å². The molecule has 0 radical (unpaired) electrons. The van der Waals surface area contributed by atoms with Gasteiger partial charge in [0.2, 0.25) is 5.91 Å². The van der Waals surface area contributed by atoms with Gasteiger partial charge in [0.1, 0.15) is 6.10 Å². The zero-order valence-electron chi connectivity index (χ0n) is 37.6. The highest BCUT2D eigenvalue weighted by Gasteiger charge is 2.32. The molecule has 0 aliphatic heterocycles. The minimum Gasteiger partial charge on any atom is -0.481 e. The fourth-order valence-electron chi connectivity index (χ4n) is 7.61. The molecule has 10 heteroatoms. The maximum absolute atomic E-state index is 12.5. The van der Waals surface area contributed by atoms with Crippen molar-refractivity contribution in [1.82, 2.24) is 5.32 Å². The number of carboxylic acid groups (broad SMARTS) is 2. The summed E-state index contributed by atoms with van der Waals surface area (Å²) in [5.41, 5.74) is -0.957. The molecule has 0 aromatic carbocycles. The molecule has 1 unspecified atom stereocenters. The summed E-state index contributed by atoms with van der Waals surface area (Å²) in [5, 5.41) is 39.6. The van der Waals surface area contributed by atoms with Crippen LogP contribution in [0.25, 0.3) is 0 Å². The summed E-state index contributed by atoms with van der Waals surface area (Å²) >= 11 is 0. The molecule has 1 amide bonds. The Balaban J connectivity index is 4.19. The Hall–Kier alpha value is -2.20. The molecule has 0 aromatic heterocycles. The van der Waals surface area contributed by atoms with Crippen molar-refractivity contribution in [1.29, 1.82) is 0 Å². The normalized spacial score (nSPS) is 12.7. The molecule has 0 heterocycles. The Morgan fingerprint density at radius 1 is 0.483 bits per heavy atom. The third-order valence-electron chi connectivity index (χ3n) is 11.8. The molecule has 0 saturated heterocycles. The van der Waals surface area contributed by atoms with E-state index in [1.807, 2.05) is 0 Å². The van der Waals surface area contributed by atoms with Gasteiger partial charge < -0.3 is 30.5 Å². The van der Waals surface area contributed by atoms with Crippen molar-refractivity contribution in [2.75, 3.05) is 19.8 Å². The summed E-state index contributed by atoms with van der Waals surface area (Å²) in [6.07, 6.45) is 39.4. The summed E-state index contributed by atoms with van der Waals surface area (Å²) < 4.78 is 5.68. The van der Waals surface area contributed by atoms with Crippen LogP contribution >= 0.6 is 0 Å². The van der Waals surface area contributed by atoms with Crippen LogP contribution in [0.2, 0.25) is 0 Å². The second-order valence-electron chi connectivity index (χ2n) is 18.0. The molecular weight excluding hydrogens is 735 g/mol. The van der Waals surface area contributed by atoms with E-state index in [0.717, 1.165) is 64.2 Å². The Morgan fingerprint density at radius 2 is 0.776 bits per heavy atom. The van der Waals surface area contributed by atoms with Crippen LogP contribution in [-0.2, 0) is 23.9 Å². The van der Waals surface area contributed by atoms with Crippen molar-refractivity contribution in [2.45, 2.75) is 251 Å². The van der Waals surface area contributed by atoms with Gasteiger partial charge in [-0.3, -0.25) is 19.2 Å². The number of unbranched alkanes of at least 4 members (excludes halogenated alkanes) is 29. The number of carbonyl (C=O) groups excluding carboxylic acids is 2. The maximum Gasteiger partial charge on any atom is 0.307 e. The zero-order valence-corrected chi connectivity index (χ0v) is 37.6. The number of hydrogen-bond donors (Lipinski definition) is 5. The van der Waals surface area contributed by atoms with Crippen LogP contribution in [0.4, 0.5) is 0 Å². The van der Waals surface area contributed by atoms with E-state index in [1.165, 1.54) is 148 Å². The molecule has 2 atom stereocenters. The van der Waals surface area contributed by atoms with Gasteiger partial charge in [0, 0.05) is 24.8 Å². The minimum atomic E-state index is -1.35. The summed E-state index contributed by atoms with van der Waals surface area (Å²) in [6.45, 7) is 3.42. The van der Waals surface area contributed by atoms with Gasteiger partial charge in [-0.05, 0) is 31.6 Å². The minimum absolute atomic E-state index is 0.0541. The molecule has 58 heavy (non-hydrogen) atoms. The summed E-state index contributed by atoms with van der Waals surface area (Å²) in [6, 6.07) is 0. The number of hydrogen-bond acceptors (Lipinski definition) is 7. The second kappa shape index (κ2) is 40.2. The number of aliphatic carboxylic acids is 2. The molecule has 0 fully saturated rings. The van der Waals surface area contributed by atoms with E-state index in [2.05, 4.69) is 5.32 Å². The third kappa shape index (κ3) is 38.0. The van der Waals surface area contributed by atoms with Crippen LogP contribution in [0.5, 0.6) is 0 Å². The highest BCUT2D eigenvalue weighted by molar-refractivity contribution is 5.81. The number of nitrogens with one attached hydrogen (secondary N) is 1. The number of carboxylic acids is 2. The average molecular weight is 826 g/mol. The number of ether oxygens (including phenoxy) is 1. The topological polar surface area (TPSA) is 170 Å². The molecule has 0 aromatic rings. The van der Waals surface area contributed by atoms with E-state index in [1.54, 1.807) is 13.8 Å². The molecule has 0 bridgehead atoms. The van der Waals surface area contributed by atoms with Gasteiger partial charge in [-0.25, -0.2) is 0 Å². The van der Waals surface area contributed by atoms with Gasteiger partial charge in [-0.2, -0.15) is 0 Å². The molecule has 0 saturated carbocycles. The predicted octanol–water partition coefficient (Wildman–Crippen LogP) is 11.9. The molecule has 10 nitrogen and oxygen atoms in total. The quantitative estimate of drug-likeness (QED) is 0.0296. The van der Waals surface area contributed by atoms with Gasteiger partial charge in [-0.1, -0.05) is 200 Å².